The van der Waals surface area contributed by atoms with Gasteiger partial charge in [0.2, 0.25) is 5.91 Å². The molecule has 1 aliphatic rings. The zero-order valence-corrected chi connectivity index (χ0v) is 7.79. The van der Waals surface area contributed by atoms with Gasteiger partial charge in [-0.1, -0.05) is 24.3 Å². The van der Waals surface area contributed by atoms with Crippen LogP contribution in [0.15, 0.2) is 29.8 Å². The molecular formula is C11H12N2O. The first kappa shape index (κ1) is 8.81. The van der Waals surface area contributed by atoms with Crippen molar-refractivity contribution in [1.29, 1.82) is 0 Å². The van der Waals surface area contributed by atoms with Gasteiger partial charge in [0.15, 0.2) is 0 Å². The second kappa shape index (κ2) is 3.18. The summed E-state index contributed by atoms with van der Waals surface area (Å²) in [5.41, 5.74) is 14.3. The van der Waals surface area contributed by atoms with Crippen molar-refractivity contribution in [1.82, 2.24) is 0 Å². The van der Waals surface area contributed by atoms with Crippen LogP contribution in [0.5, 0.6) is 0 Å². The number of benzene rings is 1. The van der Waals surface area contributed by atoms with Gasteiger partial charge in [0.25, 0.3) is 0 Å². The molecule has 0 bridgehead atoms. The zero-order chi connectivity index (χ0) is 10.1. The van der Waals surface area contributed by atoms with Gasteiger partial charge in [0.1, 0.15) is 0 Å². The lowest BCUT2D eigenvalue weighted by molar-refractivity contribution is -0.114. The summed E-state index contributed by atoms with van der Waals surface area (Å²) < 4.78 is 0. The van der Waals surface area contributed by atoms with E-state index in [0.717, 1.165) is 12.0 Å². The Morgan fingerprint density at radius 2 is 1.93 bits per heavy atom. The Kier molecular flexibility index (Phi) is 2.00. The molecule has 1 aromatic rings. The molecule has 0 saturated carbocycles. The number of hydrogen-bond acceptors (Lipinski definition) is 2. The third-order valence-corrected chi connectivity index (χ3v) is 2.57. The Hall–Kier alpha value is -1.77. The molecule has 0 fully saturated rings. The molecule has 3 heteroatoms. The fourth-order valence-corrected chi connectivity index (χ4v) is 1.81. The Balaban J connectivity index is 2.56. The van der Waals surface area contributed by atoms with Crippen molar-refractivity contribution in [2.45, 2.75) is 12.8 Å². The van der Waals surface area contributed by atoms with E-state index in [1.807, 2.05) is 24.3 Å². The molecule has 0 saturated heterocycles. The van der Waals surface area contributed by atoms with Crippen LogP contribution in [0.25, 0.3) is 5.70 Å². The summed E-state index contributed by atoms with van der Waals surface area (Å²) in [4.78, 5) is 11.1. The molecule has 3 nitrogen and oxygen atoms in total. The first-order valence-electron chi connectivity index (χ1n) is 4.57. The van der Waals surface area contributed by atoms with Crippen LogP contribution in [0.2, 0.25) is 0 Å². The van der Waals surface area contributed by atoms with E-state index >= 15 is 0 Å². The molecule has 4 N–H and O–H groups in total. The Morgan fingerprint density at radius 1 is 1.21 bits per heavy atom. The number of carbonyl (C=O) groups excluding carboxylic acids is 1. The number of amides is 1. The lowest BCUT2D eigenvalue weighted by atomic mass is 9.89. The molecule has 2 rings (SSSR count). The van der Waals surface area contributed by atoms with E-state index in [2.05, 4.69) is 0 Å². The third kappa shape index (κ3) is 1.27. The number of rotatable bonds is 1. The predicted octanol–water partition coefficient (Wildman–Crippen LogP) is 0.788. The van der Waals surface area contributed by atoms with E-state index in [0.29, 0.717) is 17.7 Å². The van der Waals surface area contributed by atoms with Crippen LogP contribution in [0.4, 0.5) is 0 Å². The lowest BCUT2D eigenvalue weighted by Crippen LogP contribution is -2.22. The van der Waals surface area contributed by atoms with Gasteiger partial charge in [-0.25, -0.2) is 0 Å². The second-order valence-corrected chi connectivity index (χ2v) is 3.41. The van der Waals surface area contributed by atoms with Gasteiger partial charge in [-0.15, -0.1) is 0 Å². The largest absolute Gasteiger partial charge is 0.398 e. The highest BCUT2D eigenvalue weighted by atomic mass is 16.1. The Labute approximate surface area is 82.4 Å². The highest BCUT2D eigenvalue weighted by molar-refractivity contribution is 6.00. The van der Waals surface area contributed by atoms with Gasteiger partial charge in [0, 0.05) is 16.8 Å². The quantitative estimate of drug-likeness (QED) is 0.684. The molecule has 1 aliphatic carbocycles. The van der Waals surface area contributed by atoms with Gasteiger partial charge < -0.3 is 11.5 Å². The minimum atomic E-state index is -0.406. The standard InChI is InChI=1S/C11H12N2O/c12-10-8-4-2-1-3-7(8)5-6-9(10)11(13)14/h1-4H,5-6,12H2,(H2,13,14). The van der Waals surface area contributed by atoms with E-state index < -0.39 is 5.91 Å². The number of primary amides is 1. The Bertz CT molecular complexity index is 421. The van der Waals surface area contributed by atoms with Crippen LogP contribution >= 0.6 is 0 Å². The summed E-state index contributed by atoms with van der Waals surface area (Å²) in [6, 6.07) is 7.84. The molecule has 0 aliphatic heterocycles. The first-order chi connectivity index (χ1) is 6.70. The normalized spacial score (nSPS) is 15.1. The molecule has 1 amide bonds. The summed E-state index contributed by atoms with van der Waals surface area (Å²) >= 11 is 0. The summed E-state index contributed by atoms with van der Waals surface area (Å²) in [6.07, 6.45) is 1.49. The van der Waals surface area contributed by atoms with Crippen LogP contribution in [0.1, 0.15) is 17.5 Å². The fourth-order valence-electron chi connectivity index (χ4n) is 1.81. The molecule has 0 atom stereocenters. The molecule has 0 unspecified atom stereocenters. The molecule has 72 valence electrons. The maximum atomic E-state index is 11.1. The van der Waals surface area contributed by atoms with Crippen molar-refractivity contribution >= 4 is 11.6 Å². The molecule has 0 heterocycles. The van der Waals surface area contributed by atoms with Gasteiger partial charge in [0.05, 0.1) is 0 Å². The Morgan fingerprint density at radius 3 is 2.64 bits per heavy atom. The average Bonchev–Trinajstić information content (AvgIpc) is 2.18. The fraction of sp³-hybridized carbons (Fsp3) is 0.182. The molecular weight excluding hydrogens is 176 g/mol. The number of nitrogens with two attached hydrogens (primary N) is 2. The minimum absolute atomic E-state index is 0.406. The van der Waals surface area contributed by atoms with Crippen molar-refractivity contribution in [2.75, 3.05) is 0 Å². The molecule has 1 aromatic carbocycles. The SMILES string of the molecule is NC(=O)C1=C(N)c2ccccc2CC1. The smallest absolute Gasteiger partial charge is 0.246 e. The zero-order valence-electron chi connectivity index (χ0n) is 7.79. The molecule has 0 spiro atoms. The predicted molar refractivity (Wildman–Crippen MR) is 55.1 cm³/mol. The highest BCUT2D eigenvalue weighted by Gasteiger charge is 2.19. The second-order valence-electron chi connectivity index (χ2n) is 3.41. The van der Waals surface area contributed by atoms with E-state index in [9.17, 15) is 4.79 Å². The summed E-state index contributed by atoms with van der Waals surface area (Å²) in [6.45, 7) is 0. The van der Waals surface area contributed by atoms with Crippen molar-refractivity contribution in [3.05, 3.63) is 41.0 Å². The van der Waals surface area contributed by atoms with Crippen LogP contribution in [0, 0.1) is 0 Å². The molecule has 14 heavy (non-hydrogen) atoms. The van der Waals surface area contributed by atoms with Gasteiger partial charge in [-0.05, 0) is 18.4 Å². The van der Waals surface area contributed by atoms with Crippen LogP contribution in [-0.4, -0.2) is 5.91 Å². The third-order valence-electron chi connectivity index (χ3n) is 2.57. The van der Waals surface area contributed by atoms with Crippen LogP contribution < -0.4 is 11.5 Å². The van der Waals surface area contributed by atoms with Gasteiger partial charge in [-0.3, -0.25) is 4.79 Å². The van der Waals surface area contributed by atoms with E-state index in [-0.39, 0.29) is 0 Å². The topological polar surface area (TPSA) is 69.1 Å². The van der Waals surface area contributed by atoms with Crippen LogP contribution in [-0.2, 0) is 11.2 Å². The lowest BCUT2D eigenvalue weighted by Gasteiger charge is -2.18. The van der Waals surface area contributed by atoms with E-state index in [1.165, 1.54) is 5.56 Å². The number of carbonyl (C=O) groups is 1. The number of hydrogen-bond donors (Lipinski definition) is 2. The maximum Gasteiger partial charge on any atom is 0.246 e. The molecule has 0 radical (unpaired) electrons. The highest BCUT2D eigenvalue weighted by Crippen LogP contribution is 2.27. The molecule has 0 aromatic heterocycles. The summed E-state index contributed by atoms with van der Waals surface area (Å²) in [5.74, 6) is -0.406. The first-order valence-corrected chi connectivity index (χ1v) is 4.57. The van der Waals surface area contributed by atoms with Gasteiger partial charge >= 0.3 is 0 Å². The summed E-state index contributed by atoms with van der Waals surface area (Å²) in [5, 5.41) is 0. The van der Waals surface area contributed by atoms with Crippen molar-refractivity contribution < 1.29 is 4.79 Å². The van der Waals surface area contributed by atoms with E-state index in [4.69, 9.17) is 11.5 Å². The number of aryl methyl sites for hydroxylation is 1. The maximum absolute atomic E-state index is 11.1. The van der Waals surface area contributed by atoms with Gasteiger partial charge in [-0.2, -0.15) is 0 Å². The van der Waals surface area contributed by atoms with Crippen molar-refractivity contribution in [3.63, 3.8) is 0 Å². The minimum Gasteiger partial charge on any atom is -0.398 e. The van der Waals surface area contributed by atoms with Crippen LogP contribution in [0.3, 0.4) is 0 Å². The van der Waals surface area contributed by atoms with E-state index in [1.54, 1.807) is 0 Å². The average molecular weight is 188 g/mol. The van der Waals surface area contributed by atoms with Crippen molar-refractivity contribution in [3.8, 4) is 0 Å². The summed E-state index contributed by atoms with van der Waals surface area (Å²) in [7, 11) is 0. The number of fused-ring (bicyclic) bond motifs is 1. The van der Waals surface area contributed by atoms with Crippen molar-refractivity contribution in [2.24, 2.45) is 11.5 Å². The monoisotopic (exact) mass is 188 g/mol.